The molecule has 1 aliphatic rings. The lowest BCUT2D eigenvalue weighted by atomic mass is 9.98. The minimum absolute atomic E-state index is 0.0315. The maximum atomic E-state index is 12.0. The molecule has 2 N–H and O–H groups in total. The molecule has 2 rings (SSSR count). The van der Waals surface area contributed by atoms with Gasteiger partial charge in [-0.15, -0.1) is 0 Å². The molecule has 0 saturated carbocycles. The van der Waals surface area contributed by atoms with Crippen molar-refractivity contribution in [3.8, 4) is 0 Å². The largest absolute Gasteiger partial charge is 0.396 e. The Balaban J connectivity index is 1.88. The minimum atomic E-state index is -0.484. The Kier molecular flexibility index (Phi) is 5.87. The second kappa shape index (κ2) is 7.66. The Bertz CT molecular complexity index is 559. The van der Waals surface area contributed by atoms with Gasteiger partial charge in [-0.3, -0.25) is 19.8 Å². The number of nitrogens with zero attached hydrogens (tertiary/aromatic N) is 2. The van der Waals surface area contributed by atoms with E-state index in [1.54, 1.807) is 0 Å². The number of hydrogen-bond donors (Lipinski definition) is 2. The first-order chi connectivity index (χ1) is 10.5. The number of rotatable bonds is 5. The maximum Gasteiger partial charge on any atom is 0.270 e. The maximum absolute atomic E-state index is 12.0. The lowest BCUT2D eigenvalue weighted by Gasteiger charge is -2.30. The molecular weight excluding hydrogens is 354 g/mol. The fraction of sp³-hybridized carbons (Fsp3) is 0.500. The number of nitro benzene ring substituents is 1. The second-order valence-corrected chi connectivity index (χ2v) is 6.23. The number of nitrogens with one attached hydrogen (secondary N) is 1. The van der Waals surface area contributed by atoms with Crippen LogP contribution in [0, 0.1) is 16.0 Å². The van der Waals surface area contributed by atoms with Gasteiger partial charge in [0.25, 0.3) is 5.69 Å². The van der Waals surface area contributed by atoms with E-state index < -0.39 is 4.92 Å². The van der Waals surface area contributed by atoms with Crippen LogP contribution in [0.2, 0.25) is 0 Å². The number of aliphatic hydroxyl groups is 1. The first-order valence-corrected chi connectivity index (χ1v) is 7.86. The topological polar surface area (TPSA) is 95.7 Å². The van der Waals surface area contributed by atoms with Crippen molar-refractivity contribution in [2.45, 2.75) is 12.8 Å². The van der Waals surface area contributed by atoms with E-state index in [9.17, 15) is 14.9 Å². The number of amides is 1. The van der Waals surface area contributed by atoms with Gasteiger partial charge in [-0.25, -0.2) is 0 Å². The van der Waals surface area contributed by atoms with E-state index in [0.29, 0.717) is 16.1 Å². The summed E-state index contributed by atoms with van der Waals surface area (Å²) in [5.74, 6) is 0.181. The van der Waals surface area contributed by atoms with Crippen LogP contribution >= 0.6 is 15.9 Å². The number of aliphatic hydroxyl groups excluding tert-OH is 1. The fourth-order valence-electron chi connectivity index (χ4n) is 2.44. The van der Waals surface area contributed by atoms with Crippen molar-refractivity contribution in [3.63, 3.8) is 0 Å². The molecule has 1 aliphatic heterocycles. The predicted octanol–water partition coefficient (Wildman–Crippen LogP) is 2.00. The van der Waals surface area contributed by atoms with Crippen LogP contribution in [0.3, 0.4) is 0 Å². The monoisotopic (exact) mass is 371 g/mol. The number of nitro groups is 1. The van der Waals surface area contributed by atoms with Crippen molar-refractivity contribution in [2.24, 2.45) is 5.92 Å². The molecule has 0 aliphatic carbocycles. The Morgan fingerprint density at radius 2 is 2.14 bits per heavy atom. The van der Waals surface area contributed by atoms with Gasteiger partial charge in [0.05, 0.1) is 17.2 Å². The predicted molar refractivity (Wildman–Crippen MR) is 85.7 cm³/mol. The lowest BCUT2D eigenvalue weighted by molar-refractivity contribution is -0.384. The quantitative estimate of drug-likeness (QED) is 0.609. The van der Waals surface area contributed by atoms with Crippen molar-refractivity contribution < 1.29 is 14.8 Å². The Morgan fingerprint density at radius 1 is 1.45 bits per heavy atom. The van der Waals surface area contributed by atoms with Gasteiger partial charge < -0.3 is 10.4 Å². The molecule has 0 spiro atoms. The number of likely N-dealkylation sites (tertiary alicyclic amines) is 1. The van der Waals surface area contributed by atoms with Crippen LogP contribution in [-0.4, -0.2) is 47.1 Å². The van der Waals surface area contributed by atoms with Gasteiger partial charge in [-0.1, -0.05) is 0 Å². The normalized spacial score (nSPS) is 16.5. The van der Waals surface area contributed by atoms with E-state index in [1.165, 1.54) is 18.2 Å². The number of benzene rings is 1. The van der Waals surface area contributed by atoms with Crippen LogP contribution in [0.25, 0.3) is 0 Å². The summed E-state index contributed by atoms with van der Waals surface area (Å²) in [7, 11) is 0. The SMILES string of the molecule is O=C(CN1CCC(CO)CC1)Nc1ccc([N+](=O)[O-])cc1Br. The summed E-state index contributed by atoms with van der Waals surface area (Å²) < 4.78 is 0.481. The number of non-ortho nitro benzene ring substituents is 1. The van der Waals surface area contributed by atoms with Crippen LogP contribution in [0.15, 0.2) is 22.7 Å². The molecule has 1 amide bonds. The number of anilines is 1. The van der Waals surface area contributed by atoms with Crippen molar-refractivity contribution in [1.82, 2.24) is 4.90 Å². The van der Waals surface area contributed by atoms with E-state index in [1.807, 2.05) is 4.90 Å². The van der Waals surface area contributed by atoms with Crippen LogP contribution in [0.4, 0.5) is 11.4 Å². The average Bonchev–Trinajstić information content (AvgIpc) is 2.50. The third-order valence-electron chi connectivity index (χ3n) is 3.77. The molecule has 7 nitrogen and oxygen atoms in total. The molecule has 0 radical (unpaired) electrons. The van der Waals surface area contributed by atoms with Gasteiger partial charge in [0, 0.05) is 23.2 Å². The molecule has 0 atom stereocenters. The second-order valence-electron chi connectivity index (χ2n) is 5.37. The molecular formula is C14H18BrN3O4. The van der Waals surface area contributed by atoms with Gasteiger partial charge >= 0.3 is 0 Å². The number of piperidine rings is 1. The standard InChI is InChI=1S/C14H18BrN3O4/c15-12-7-11(18(21)22)1-2-13(12)16-14(20)8-17-5-3-10(9-19)4-6-17/h1-2,7,10,19H,3-6,8-9H2,(H,16,20). The summed E-state index contributed by atoms with van der Waals surface area (Å²) in [6.45, 7) is 2.07. The molecule has 1 fully saturated rings. The van der Waals surface area contributed by atoms with Crippen LogP contribution < -0.4 is 5.32 Å². The van der Waals surface area contributed by atoms with Gasteiger partial charge in [-0.05, 0) is 53.8 Å². The summed E-state index contributed by atoms with van der Waals surface area (Å²) in [6, 6.07) is 4.23. The summed E-state index contributed by atoms with van der Waals surface area (Å²) in [5.41, 5.74) is 0.483. The number of halogens is 1. The first-order valence-electron chi connectivity index (χ1n) is 7.06. The lowest BCUT2D eigenvalue weighted by Crippen LogP contribution is -2.39. The van der Waals surface area contributed by atoms with E-state index in [2.05, 4.69) is 21.2 Å². The van der Waals surface area contributed by atoms with Gasteiger partial charge in [0.15, 0.2) is 0 Å². The third kappa shape index (κ3) is 4.49. The first kappa shape index (κ1) is 16.9. The number of hydrogen-bond acceptors (Lipinski definition) is 5. The highest BCUT2D eigenvalue weighted by Crippen LogP contribution is 2.27. The summed E-state index contributed by atoms with van der Waals surface area (Å²) in [6.07, 6.45) is 1.79. The number of carbonyl (C=O) groups excluding carboxylic acids is 1. The minimum Gasteiger partial charge on any atom is -0.396 e. The van der Waals surface area contributed by atoms with Gasteiger partial charge in [0.2, 0.25) is 5.91 Å². The third-order valence-corrected chi connectivity index (χ3v) is 4.43. The smallest absolute Gasteiger partial charge is 0.270 e. The highest BCUT2D eigenvalue weighted by atomic mass is 79.9. The van der Waals surface area contributed by atoms with Gasteiger partial charge in [-0.2, -0.15) is 0 Å². The van der Waals surface area contributed by atoms with Crippen LogP contribution in [0.1, 0.15) is 12.8 Å². The molecule has 0 unspecified atom stereocenters. The summed E-state index contributed by atoms with van der Waals surface area (Å²) >= 11 is 3.23. The highest BCUT2D eigenvalue weighted by molar-refractivity contribution is 9.10. The fourth-order valence-corrected chi connectivity index (χ4v) is 2.90. The van der Waals surface area contributed by atoms with Crippen LogP contribution in [-0.2, 0) is 4.79 Å². The average molecular weight is 372 g/mol. The Hall–Kier alpha value is -1.51. The molecule has 1 saturated heterocycles. The van der Waals surface area contributed by atoms with E-state index in [0.717, 1.165) is 25.9 Å². The zero-order chi connectivity index (χ0) is 16.1. The van der Waals surface area contributed by atoms with Crippen molar-refractivity contribution in [3.05, 3.63) is 32.8 Å². The van der Waals surface area contributed by atoms with E-state index >= 15 is 0 Å². The Morgan fingerprint density at radius 3 is 2.68 bits per heavy atom. The molecule has 120 valence electrons. The van der Waals surface area contributed by atoms with E-state index in [-0.39, 0.29) is 24.7 Å². The van der Waals surface area contributed by atoms with E-state index in [4.69, 9.17) is 5.11 Å². The van der Waals surface area contributed by atoms with Crippen LogP contribution in [0.5, 0.6) is 0 Å². The summed E-state index contributed by atoms with van der Waals surface area (Å²) in [5, 5.41) is 22.5. The van der Waals surface area contributed by atoms with Crippen molar-refractivity contribution in [2.75, 3.05) is 31.6 Å². The molecule has 1 aromatic rings. The zero-order valence-electron chi connectivity index (χ0n) is 12.0. The molecule has 1 aromatic carbocycles. The highest BCUT2D eigenvalue weighted by Gasteiger charge is 2.20. The molecule has 22 heavy (non-hydrogen) atoms. The molecule has 8 heteroatoms. The van der Waals surface area contributed by atoms with Crippen molar-refractivity contribution >= 4 is 33.2 Å². The molecule has 1 heterocycles. The molecule has 0 aromatic heterocycles. The van der Waals surface area contributed by atoms with Crippen molar-refractivity contribution in [1.29, 1.82) is 0 Å². The number of carbonyl (C=O) groups is 1. The zero-order valence-corrected chi connectivity index (χ0v) is 13.6. The molecule has 0 bridgehead atoms. The summed E-state index contributed by atoms with van der Waals surface area (Å²) in [4.78, 5) is 24.3. The Labute approximate surface area is 136 Å². The van der Waals surface area contributed by atoms with Gasteiger partial charge in [0.1, 0.15) is 0 Å².